The van der Waals surface area contributed by atoms with Gasteiger partial charge >= 0.3 is 0 Å². The third kappa shape index (κ3) is 5.41. The van der Waals surface area contributed by atoms with Crippen LogP contribution >= 0.6 is 12.2 Å². The number of hydrogen-bond donors (Lipinski definition) is 2. The maximum Gasteiger partial charge on any atom is 0.218 e. The average Bonchev–Trinajstić information content (AvgIpc) is 2.35. The molecule has 6 nitrogen and oxygen atoms in total. The van der Waals surface area contributed by atoms with Crippen LogP contribution in [0.4, 0.5) is 5.82 Å². The zero-order valence-corrected chi connectivity index (χ0v) is 10.7. The minimum atomic E-state index is 0.490. The minimum Gasteiger partial charge on any atom is -0.481 e. The zero-order chi connectivity index (χ0) is 12.5. The molecule has 0 atom stereocenters. The van der Waals surface area contributed by atoms with Gasteiger partial charge in [-0.05, 0) is 18.6 Å². The van der Waals surface area contributed by atoms with Crippen molar-refractivity contribution in [1.82, 2.24) is 15.3 Å². The third-order valence-corrected chi connectivity index (χ3v) is 2.15. The molecule has 94 valence electrons. The second-order valence-corrected chi connectivity index (χ2v) is 3.58. The molecule has 1 rings (SSSR count). The molecule has 17 heavy (non-hydrogen) atoms. The molecule has 0 saturated carbocycles. The van der Waals surface area contributed by atoms with E-state index in [-0.39, 0.29) is 0 Å². The molecule has 0 saturated heterocycles. The van der Waals surface area contributed by atoms with Crippen molar-refractivity contribution in [2.75, 3.05) is 32.7 Å². The Morgan fingerprint density at radius 1 is 1.41 bits per heavy atom. The van der Waals surface area contributed by atoms with Crippen LogP contribution in [0.15, 0.2) is 12.4 Å². The molecule has 1 heterocycles. The number of anilines is 1. The first-order valence-electron chi connectivity index (χ1n) is 5.16. The highest BCUT2D eigenvalue weighted by molar-refractivity contribution is 7.80. The van der Waals surface area contributed by atoms with Crippen molar-refractivity contribution in [2.45, 2.75) is 6.42 Å². The van der Waals surface area contributed by atoms with Gasteiger partial charge in [0.1, 0.15) is 12.1 Å². The van der Waals surface area contributed by atoms with Crippen molar-refractivity contribution >= 4 is 23.1 Å². The average molecular weight is 256 g/mol. The van der Waals surface area contributed by atoms with Gasteiger partial charge in [-0.15, -0.1) is 0 Å². The van der Waals surface area contributed by atoms with E-state index < -0.39 is 0 Å². The number of nitrogens with zero attached hydrogens (tertiary/aromatic N) is 2. The van der Waals surface area contributed by atoms with Crippen LogP contribution in [0.5, 0.6) is 5.88 Å². The fourth-order valence-corrected chi connectivity index (χ4v) is 1.31. The molecule has 0 spiro atoms. The van der Waals surface area contributed by atoms with Crippen LogP contribution < -0.4 is 15.4 Å². The Morgan fingerprint density at radius 3 is 2.94 bits per heavy atom. The molecule has 1 aromatic rings. The smallest absolute Gasteiger partial charge is 0.218 e. The molecule has 7 heteroatoms. The van der Waals surface area contributed by atoms with Crippen molar-refractivity contribution in [3.8, 4) is 5.88 Å². The first-order chi connectivity index (χ1) is 8.26. The summed E-state index contributed by atoms with van der Waals surface area (Å²) in [5, 5.41) is 6.50. The zero-order valence-electron chi connectivity index (χ0n) is 9.90. The Kier molecular flexibility index (Phi) is 6.19. The molecule has 1 aromatic heterocycles. The fourth-order valence-electron chi connectivity index (χ4n) is 1.10. The van der Waals surface area contributed by atoms with Crippen LogP contribution in [0, 0.1) is 0 Å². The summed E-state index contributed by atoms with van der Waals surface area (Å²) in [6.07, 6.45) is 2.31. The van der Waals surface area contributed by atoms with Gasteiger partial charge in [-0.2, -0.15) is 0 Å². The van der Waals surface area contributed by atoms with Crippen LogP contribution in [0.1, 0.15) is 6.42 Å². The van der Waals surface area contributed by atoms with Gasteiger partial charge in [0, 0.05) is 26.3 Å². The summed E-state index contributed by atoms with van der Waals surface area (Å²) >= 11 is 5.10. The highest BCUT2D eigenvalue weighted by atomic mass is 32.1. The normalized spacial score (nSPS) is 9.76. The number of hydrogen-bond acceptors (Lipinski definition) is 5. The molecule has 0 bridgehead atoms. The lowest BCUT2D eigenvalue weighted by molar-refractivity contribution is 0.196. The molecule has 0 radical (unpaired) electrons. The van der Waals surface area contributed by atoms with E-state index in [0.717, 1.165) is 13.0 Å². The standard InChI is InChI=1S/C10H16N4O2S/c1-15-5-3-4-11-10(17)14-8-6-9(16-2)13-7-12-8/h6-7H,3-5H2,1-2H3,(H2,11,12,13,14,17). The quantitative estimate of drug-likeness (QED) is 0.576. The second-order valence-electron chi connectivity index (χ2n) is 3.17. The molecule has 0 aliphatic carbocycles. The third-order valence-electron chi connectivity index (χ3n) is 1.90. The van der Waals surface area contributed by atoms with Crippen molar-refractivity contribution in [3.63, 3.8) is 0 Å². The lowest BCUT2D eigenvalue weighted by Crippen LogP contribution is -2.30. The molecule has 0 fully saturated rings. The van der Waals surface area contributed by atoms with E-state index >= 15 is 0 Å². The summed E-state index contributed by atoms with van der Waals surface area (Å²) in [6.45, 7) is 1.46. The van der Waals surface area contributed by atoms with Crippen LogP contribution in [-0.4, -0.2) is 42.5 Å². The van der Waals surface area contributed by atoms with Crippen LogP contribution in [-0.2, 0) is 4.74 Å². The van der Waals surface area contributed by atoms with E-state index in [0.29, 0.717) is 23.4 Å². The number of ether oxygens (including phenoxy) is 2. The van der Waals surface area contributed by atoms with Gasteiger partial charge in [0.15, 0.2) is 5.11 Å². The maximum absolute atomic E-state index is 5.10. The molecule has 0 aromatic carbocycles. The van der Waals surface area contributed by atoms with E-state index in [9.17, 15) is 0 Å². The van der Waals surface area contributed by atoms with Gasteiger partial charge in [0.05, 0.1) is 7.11 Å². The largest absolute Gasteiger partial charge is 0.481 e. The topological polar surface area (TPSA) is 68.3 Å². The van der Waals surface area contributed by atoms with E-state index in [1.807, 2.05) is 0 Å². The molecule has 0 unspecified atom stereocenters. The summed E-state index contributed by atoms with van der Waals surface area (Å²) in [6, 6.07) is 1.67. The number of methoxy groups -OCH3 is 2. The number of nitrogens with one attached hydrogen (secondary N) is 2. The first-order valence-corrected chi connectivity index (χ1v) is 5.57. The SMILES string of the molecule is COCCCNC(=S)Nc1cc(OC)ncn1. The highest BCUT2D eigenvalue weighted by Crippen LogP contribution is 2.09. The summed E-state index contributed by atoms with van der Waals surface area (Å²) in [5.41, 5.74) is 0. The van der Waals surface area contributed by atoms with Gasteiger partial charge < -0.3 is 20.1 Å². The molecular weight excluding hydrogens is 240 g/mol. The molecule has 2 N–H and O–H groups in total. The Balaban J connectivity index is 2.34. The molecule has 0 aliphatic rings. The van der Waals surface area contributed by atoms with E-state index in [4.69, 9.17) is 21.7 Å². The molecule has 0 amide bonds. The lowest BCUT2D eigenvalue weighted by Gasteiger charge is -2.09. The first kappa shape index (κ1) is 13.6. The highest BCUT2D eigenvalue weighted by Gasteiger charge is 2.00. The summed E-state index contributed by atoms with van der Waals surface area (Å²) in [5.74, 6) is 1.09. The Labute approximate surface area is 106 Å². The van der Waals surface area contributed by atoms with E-state index in [2.05, 4.69) is 20.6 Å². The molecular formula is C10H16N4O2S. The fraction of sp³-hybridized carbons (Fsp3) is 0.500. The monoisotopic (exact) mass is 256 g/mol. The maximum atomic E-state index is 5.10. The Hall–Kier alpha value is -1.47. The van der Waals surface area contributed by atoms with Gasteiger partial charge in [-0.1, -0.05) is 0 Å². The van der Waals surface area contributed by atoms with Crippen LogP contribution in [0.3, 0.4) is 0 Å². The predicted octanol–water partition coefficient (Wildman–Crippen LogP) is 0.808. The van der Waals surface area contributed by atoms with Crippen molar-refractivity contribution in [3.05, 3.63) is 12.4 Å². The van der Waals surface area contributed by atoms with Gasteiger partial charge in [-0.25, -0.2) is 9.97 Å². The second kappa shape index (κ2) is 7.75. The van der Waals surface area contributed by atoms with E-state index in [1.165, 1.54) is 6.33 Å². The summed E-state index contributed by atoms with van der Waals surface area (Å²) in [7, 11) is 3.22. The van der Waals surface area contributed by atoms with Crippen molar-refractivity contribution < 1.29 is 9.47 Å². The van der Waals surface area contributed by atoms with Crippen LogP contribution in [0.2, 0.25) is 0 Å². The number of aromatic nitrogens is 2. The van der Waals surface area contributed by atoms with Crippen molar-refractivity contribution in [1.29, 1.82) is 0 Å². The minimum absolute atomic E-state index is 0.490. The van der Waals surface area contributed by atoms with Gasteiger partial charge in [0.25, 0.3) is 0 Å². The molecule has 0 aliphatic heterocycles. The van der Waals surface area contributed by atoms with E-state index in [1.54, 1.807) is 20.3 Å². The Bertz CT molecular complexity index is 362. The van der Waals surface area contributed by atoms with Crippen molar-refractivity contribution in [2.24, 2.45) is 0 Å². The van der Waals surface area contributed by atoms with Crippen LogP contribution in [0.25, 0.3) is 0 Å². The predicted molar refractivity (Wildman–Crippen MR) is 69.3 cm³/mol. The van der Waals surface area contributed by atoms with Gasteiger partial charge in [-0.3, -0.25) is 0 Å². The van der Waals surface area contributed by atoms with Gasteiger partial charge in [0.2, 0.25) is 5.88 Å². The lowest BCUT2D eigenvalue weighted by atomic mass is 10.4. The number of rotatable bonds is 6. The summed E-state index contributed by atoms with van der Waals surface area (Å²) < 4.78 is 9.91. The summed E-state index contributed by atoms with van der Waals surface area (Å²) in [4.78, 5) is 7.92. The number of thiocarbonyl (C=S) groups is 1. The Morgan fingerprint density at radius 2 is 2.24 bits per heavy atom.